The Labute approximate surface area is 105 Å². The predicted molar refractivity (Wildman–Crippen MR) is 66.6 cm³/mol. The molecule has 5 heteroatoms. The number of likely N-dealkylation sites (tertiary alicyclic amines) is 1. The van der Waals surface area contributed by atoms with Crippen molar-refractivity contribution in [2.45, 2.75) is 25.4 Å². The summed E-state index contributed by atoms with van der Waals surface area (Å²) < 4.78 is 13.2. The third-order valence-corrected chi connectivity index (χ3v) is 3.13. The molecule has 0 aliphatic carbocycles. The first-order chi connectivity index (χ1) is 8.37. The van der Waals surface area contributed by atoms with E-state index in [0.717, 1.165) is 6.42 Å². The topological polar surface area (TPSA) is 66.6 Å². The van der Waals surface area contributed by atoms with Crippen LogP contribution in [0.5, 0.6) is 0 Å². The molecular weight excluding hydrogens is 235 g/mol. The Morgan fingerprint density at radius 2 is 2.22 bits per heavy atom. The van der Waals surface area contributed by atoms with E-state index >= 15 is 0 Å². The normalized spacial score (nSPS) is 24.1. The number of carbonyl (C=O) groups is 1. The van der Waals surface area contributed by atoms with E-state index in [4.69, 9.17) is 5.73 Å². The number of piperidine rings is 1. The number of benzene rings is 1. The van der Waals surface area contributed by atoms with Gasteiger partial charge in [-0.1, -0.05) is 0 Å². The number of hydrogen-bond acceptors (Lipinski definition) is 3. The van der Waals surface area contributed by atoms with Crippen LogP contribution < -0.4 is 5.73 Å². The molecule has 0 bridgehead atoms. The maximum Gasteiger partial charge on any atom is 0.254 e. The Kier molecular flexibility index (Phi) is 3.26. The third-order valence-electron chi connectivity index (χ3n) is 3.13. The minimum Gasteiger partial charge on any atom is -0.399 e. The van der Waals surface area contributed by atoms with Crippen LogP contribution in [0.25, 0.3) is 0 Å². The molecule has 1 fully saturated rings. The lowest BCUT2D eigenvalue weighted by atomic mass is 9.94. The molecule has 0 aromatic heterocycles. The number of nitrogens with zero attached hydrogens (tertiary/aromatic N) is 1. The molecule has 1 aliphatic rings. The van der Waals surface area contributed by atoms with Crippen LogP contribution in [0.4, 0.5) is 10.1 Å². The van der Waals surface area contributed by atoms with E-state index < -0.39 is 11.4 Å². The van der Waals surface area contributed by atoms with Crippen molar-refractivity contribution in [2.75, 3.05) is 18.8 Å². The van der Waals surface area contributed by atoms with E-state index in [0.29, 0.717) is 13.0 Å². The van der Waals surface area contributed by atoms with E-state index in [1.807, 2.05) is 0 Å². The van der Waals surface area contributed by atoms with Gasteiger partial charge in [-0.2, -0.15) is 0 Å². The molecule has 0 saturated carbocycles. The Morgan fingerprint density at radius 1 is 1.50 bits per heavy atom. The predicted octanol–water partition coefficient (Wildman–Crippen LogP) is 1.39. The zero-order chi connectivity index (χ0) is 13.3. The van der Waals surface area contributed by atoms with Gasteiger partial charge in [0, 0.05) is 24.3 Å². The fourth-order valence-electron chi connectivity index (χ4n) is 2.31. The van der Waals surface area contributed by atoms with Crippen molar-refractivity contribution >= 4 is 11.6 Å². The van der Waals surface area contributed by atoms with Crippen molar-refractivity contribution in [2.24, 2.45) is 0 Å². The van der Waals surface area contributed by atoms with E-state index in [-0.39, 0.29) is 23.7 Å². The molecule has 1 atom stereocenters. The van der Waals surface area contributed by atoms with Crippen LogP contribution in [0, 0.1) is 5.82 Å². The molecule has 98 valence electrons. The highest BCUT2D eigenvalue weighted by molar-refractivity contribution is 5.95. The van der Waals surface area contributed by atoms with Gasteiger partial charge in [0.2, 0.25) is 0 Å². The van der Waals surface area contributed by atoms with Gasteiger partial charge in [-0.3, -0.25) is 4.79 Å². The van der Waals surface area contributed by atoms with E-state index in [2.05, 4.69) is 0 Å². The SMILES string of the molecule is CC1(O)CCCN(C(=O)c2cc(N)cc(F)c2)C1. The number of β-amino-alcohol motifs (C(OH)–C–C–N with tert-alkyl or cyclic N) is 1. The van der Waals surface area contributed by atoms with Gasteiger partial charge in [0.15, 0.2) is 0 Å². The van der Waals surface area contributed by atoms with Gasteiger partial charge < -0.3 is 15.7 Å². The first-order valence-corrected chi connectivity index (χ1v) is 5.95. The van der Waals surface area contributed by atoms with Crippen molar-refractivity contribution in [1.82, 2.24) is 4.90 Å². The number of rotatable bonds is 1. The smallest absolute Gasteiger partial charge is 0.254 e. The van der Waals surface area contributed by atoms with Crippen LogP contribution >= 0.6 is 0 Å². The fourth-order valence-corrected chi connectivity index (χ4v) is 2.31. The average molecular weight is 252 g/mol. The van der Waals surface area contributed by atoms with E-state index in [9.17, 15) is 14.3 Å². The van der Waals surface area contributed by atoms with Crippen molar-refractivity contribution in [1.29, 1.82) is 0 Å². The van der Waals surface area contributed by atoms with Gasteiger partial charge in [-0.15, -0.1) is 0 Å². The Balaban J connectivity index is 2.20. The van der Waals surface area contributed by atoms with E-state index in [1.54, 1.807) is 6.92 Å². The molecular formula is C13H17FN2O2. The highest BCUT2D eigenvalue weighted by Gasteiger charge is 2.31. The molecule has 1 aromatic carbocycles. The van der Waals surface area contributed by atoms with Gasteiger partial charge >= 0.3 is 0 Å². The number of hydrogen-bond donors (Lipinski definition) is 2. The molecule has 2 rings (SSSR count). The van der Waals surface area contributed by atoms with Gasteiger partial charge in [0.25, 0.3) is 5.91 Å². The summed E-state index contributed by atoms with van der Waals surface area (Å²) in [6.07, 6.45) is 1.41. The summed E-state index contributed by atoms with van der Waals surface area (Å²) >= 11 is 0. The molecule has 3 N–H and O–H groups in total. The number of halogens is 1. The van der Waals surface area contributed by atoms with Crippen molar-refractivity contribution in [3.8, 4) is 0 Å². The lowest BCUT2D eigenvalue weighted by molar-refractivity contribution is -0.0107. The molecule has 1 aromatic rings. The highest BCUT2D eigenvalue weighted by atomic mass is 19.1. The average Bonchev–Trinajstić information content (AvgIpc) is 2.25. The Morgan fingerprint density at radius 3 is 2.83 bits per heavy atom. The molecule has 1 saturated heterocycles. The number of aliphatic hydroxyl groups is 1. The summed E-state index contributed by atoms with van der Waals surface area (Å²) in [4.78, 5) is 13.7. The number of nitrogen functional groups attached to an aromatic ring is 1. The lowest BCUT2D eigenvalue weighted by Gasteiger charge is -2.36. The maximum atomic E-state index is 13.2. The molecule has 1 amide bonds. The standard InChI is InChI=1S/C13H17FN2O2/c1-13(18)3-2-4-16(8-13)12(17)9-5-10(14)7-11(15)6-9/h5-7,18H,2-4,8,15H2,1H3. The van der Waals surface area contributed by atoms with Gasteiger partial charge in [0.1, 0.15) is 5.82 Å². The molecule has 18 heavy (non-hydrogen) atoms. The fraction of sp³-hybridized carbons (Fsp3) is 0.462. The molecule has 0 spiro atoms. The second-order valence-corrected chi connectivity index (χ2v) is 5.10. The maximum absolute atomic E-state index is 13.2. The van der Waals surface area contributed by atoms with Crippen LogP contribution in [0.3, 0.4) is 0 Å². The number of anilines is 1. The van der Waals surface area contributed by atoms with Crippen LogP contribution in [0.15, 0.2) is 18.2 Å². The highest BCUT2D eigenvalue weighted by Crippen LogP contribution is 2.22. The summed E-state index contributed by atoms with van der Waals surface area (Å²) in [6.45, 7) is 2.54. The summed E-state index contributed by atoms with van der Waals surface area (Å²) in [5, 5.41) is 9.96. The summed E-state index contributed by atoms with van der Waals surface area (Å²) in [7, 11) is 0. The molecule has 0 radical (unpaired) electrons. The minimum atomic E-state index is -0.868. The van der Waals surface area contributed by atoms with Crippen LogP contribution in [-0.4, -0.2) is 34.6 Å². The molecule has 1 unspecified atom stereocenters. The largest absolute Gasteiger partial charge is 0.399 e. The van der Waals surface area contributed by atoms with Crippen LogP contribution in [-0.2, 0) is 0 Å². The van der Waals surface area contributed by atoms with Crippen molar-refractivity contribution < 1.29 is 14.3 Å². The monoisotopic (exact) mass is 252 g/mol. The zero-order valence-electron chi connectivity index (χ0n) is 10.3. The molecule has 4 nitrogen and oxygen atoms in total. The second kappa shape index (κ2) is 4.57. The van der Waals surface area contributed by atoms with Gasteiger partial charge in [0.05, 0.1) is 5.60 Å². The molecule has 1 heterocycles. The Hall–Kier alpha value is -1.62. The quantitative estimate of drug-likeness (QED) is 0.742. The summed E-state index contributed by atoms with van der Waals surface area (Å²) in [5.41, 5.74) is 5.10. The lowest BCUT2D eigenvalue weighted by Crippen LogP contribution is -2.48. The number of amides is 1. The third kappa shape index (κ3) is 2.79. The van der Waals surface area contributed by atoms with Gasteiger partial charge in [-0.25, -0.2) is 4.39 Å². The molecule has 1 aliphatic heterocycles. The van der Waals surface area contributed by atoms with Crippen molar-refractivity contribution in [3.05, 3.63) is 29.6 Å². The summed E-state index contributed by atoms with van der Waals surface area (Å²) in [5.74, 6) is -0.816. The Bertz CT molecular complexity index is 454. The van der Waals surface area contributed by atoms with Crippen LogP contribution in [0.1, 0.15) is 30.1 Å². The minimum absolute atomic E-state index is 0.224. The first-order valence-electron chi connectivity index (χ1n) is 5.95. The van der Waals surface area contributed by atoms with Crippen molar-refractivity contribution in [3.63, 3.8) is 0 Å². The second-order valence-electron chi connectivity index (χ2n) is 5.10. The first kappa shape index (κ1) is 12.8. The zero-order valence-corrected chi connectivity index (χ0v) is 10.3. The number of carbonyl (C=O) groups excluding carboxylic acids is 1. The summed E-state index contributed by atoms with van der Waals surface area (Å²) in [6, 6.07) is 3.79. The van der Waals surface area contributed by atoms with E-state index in [1.165, 1.54) is 23.1 Å². The van der Waals surface area contributed by atoms with Gasteiger partial charge in [-0.05, 0) is 38.0 Å². The number of nitrogens with two attached hydrogens (primary N) is 1. The van der Waals surface area contributed by atoms with Crippen LogP contribution in [0.2, 0.25) is 0 Å².